The summed E-state index contributed by atoms with van der Waals surface area (Å²) in [7, 11) is 0. The SMILES string of the molecule is O=C(C1=COCCC1)c1ccc2c(c1)NCC2. The molecule has 0 amide bonds. The van der Waals surface area contributed by atoms with Gasteiger partial charge in [-0.15, -0.1) is 0 Å². The lowest BCUT2D eigenvalue weighted by Crippen LogP contribution is -2.09. The van der Waals surface area contributed by atoms with Crippen LogP contribution in [0.15, 0.2) is 30.0 Å². The molecule has 0 unspecified atom stereocenters. The molecule has 3 heteroatoms. The molecular formula is C14H15NO2. The zero-order chi connectivity index (χ0) is 11.7. The molecule has 3 nitrogen and oxygen atoms in total. The normalized spacial score (nSPS) is 17.8. The summed E-state index contributed by atoms with van der Waals surface area (Å²) in [6.07, 6.45) is 4.42. The Morgan fingerprint density at radius 1 is 1.29 bits per heavy atom. The van der Waals surface area contributed by atoms with E-state index in [2.05, 4.69) is 5.32 Å². The first kappa shape index (κ1) is 10.4. The number of nitrogens with one attached hydrogen (secondary N) is 1. The maximum absolute atomic E-state index is 12.2. The second-order valence-electron chi connectivity index (χ2n) is 4.50. The third kappa shape index (κ3) is 1.93. The summed E-state index contributed by atoms with van der Waals surface area (Å²) >= 11 is 0. The van der Waals surface area contributed by atoms with Crippen LogP contribution < -0.4 is 5.32 Å². The Morgan fingerprint density at radius 3 is 3.06 bits per heavy atom. The van der Waals surface area contributed by atoms with Gasteiger partial charge in [-0.1, -0.05) is 12.1 Å². The van der Waals surface area contributed by atoms with E-state index in [0.717, 1.165) is 49.2 Å². The van der Waals surface area contributed by atoms with Gasteiger partial charge >= 0.3 is 0 Å². The zero-order valence-electron chi connectivity index (χ0n) is 9.66. The van der Waals surface area contributed by atoms with Gasteiger partial charge in [-0.05, 0) is 30.9 Å². The lowest BCUT2D eigenvalue weighted by atomic mass is 9.98. The molecule has 0 radical (unpaired) electrons. The predicted octanol–water partition coefficient (Wildman–Crippen LogP) is 2.53. The molecule has 0 saturated carbocycles. The van der Waals surface area contributed by atoms with Crippen molar-refractivity contribution in [2.24, 2.45) is 0 Å². The lowest BCUT2D eigenvalue weighted by Gasteiger charge is -2.13. The second kappa shape index (κ2) is 4.24. The highest BCUT2D eigenvalue weighted by Crippen LogP contribution is 2.25. The second-order valence-corrected chi connectivity index (χ2v) is 4.50. The predicted molar refractivity (Wildman–Crippen MR) is 66.2 cm³/mol. The standard InChI is InChI=1S/C14H15NO2/c16-14(12-2-1-7-17-9-12)11-4-3-10-5-6-15-13(10)8-11/h3-4,8-9,15H,1-2,5-7H2. The third-order valence-corrected chi connectivity index (χ3v) is 3.31. The van der Waals surface area contributed by atoms with E-state index in [-0.39, 0.29) is 5.78 Å². The molecule has 88 valence electrons. The minimum absolute atomic E-state index is 0.0983. The number of fused-ring (bicyclic) bond motifs is 1. The van der Waals surface area contributed by atoms with Gasteiger partial charge in [0.1, 0.15) is 0 Å². The van der Waals surface area contributed by atoms with Crippen molar-refractivity contribution < 1.29 is 9.53 Å². The van der Waals surface area contributed by atoms with Crippen molar-refractivity contribution >= 4 is 11.5 Å². The lowest BCUT2D eigenvalue weighted by molar-refractivity contribution is 0.101. The molecule has 1 N–H and O–H groups in total. The molecule has 1 aromatic rings. The molecule has 2 aliphatic rings. The number of ether oxygens (including phenoxy) is 1. The molecule has 0 spiro atoms. The van der Waals surface area contributed by atoms with Gasteiger partial charge in [0.2, 0.25) is 0 Å². The van der Waals surface area contributed by atoms with Crippen molar-refractivity contribution in [2.45, 2.75) is 19.3 Å². The van der Waals surface area contributed by atoms with E-state index in [1.807, 2.05) is 18.2 Å². The van der Waals surface area contributed by atoms with Crippen molar-refractivity contribution in [1.82, 2.24) is 0 Å². The Bertz CT molecular complexity index is 491. The molecule has 17 heavy (non-hydrogen) atoms. The highest BCUT2D eigenvalue weighted by Gasteiger charge is 2.18. The fourth-order valence-electron chi connectivity index (χ4n) is 2.35. The summed E-state index contributed by atoms with van der Waals surface area (Å²) < 4.78 is 5.22. The molecule has 1 aromatic carbocycles. The zero-order valence-corrected chi connectivity index (χ0v) is 9.66. The molecule has 0 fully saturated rings. The number of carbonyl (C=O) groups excluding carboxylic acids is 1. The van der Waals surface area contributed by atoms with Gasteiger partial charge in [0.25, 0.3) is 0 Å². The maximum Gasteiger partial charge on any atom is 0.192 e. The van der Waals surface area contributed by atoms with Crippen molar-refractivity contribution in [3.05, 3.63) is 41.2 Å². The van der Waals surface area contributed by atoms with Gasteiger partial charge in [-0.3, -0.25) is 4.79 Å². The van der Waals surface area contributed by atoms with Crippen LogP contribution in [0.1, 0.15) is 28.8 Å². The minimum atomic E-state index is 0.0983. The van der Waals surface area contributed by atoms with E-state index in [9.17, 15) is 4.79 Å². The summed E-state index contributed by atoms with van der Waals surface area (Å²) in [5.41, 5.74) is 3.95. The summed E-state index contributed by atoms with van der Waals surface area (Å²) in [5, 5.41) is 3.30. The number of allylic oxidation sites excluding steroid dienone is 1. The number of Topliss-reactive ketones (excluding diaryl/α,β-unsaturated/α-hetero) is 1. The van der Waals surface area contributed by atoms with Crippen LogP contribution in [0.3, 0.4) is 0 Å². The highest BCUT2D eigenvalue weighted by atomic mass is 16.5. The van der Waals surface area contributed by atoms with E-state index in [1.165, 1.54) is 5.56 Å². The van der Waals surface area contributed by atoms with E-state index < -0.39 is 0 Å². The Hall–Kier alpha value is -1.77. The topological polar surface area (TPSA) is 38.3 Å². The van der Waals surface area contributed by atoms with Crippen LogP contribution in [0.4, 0.5) is 5.69 Å². The van der Waals surface area contributed by atoms with Gasteiger partial charge in [0.05, 0.1) is 12.9 Å². The average Bonchev–Trinajstić information content (AvgIpc) is 2.86. The van der Waals surface area contributed by atoms with Crippen molar-refractivity contribution in [2.75, 3.05) is 18.5 Å². The number of carbonyl (C=O) groups is 1. The van der Waals surface area contributed by atoms with Crippen LogP contribution in [0.5, 0.6) is 0 Å². The number of rotatable bonds is 2. The Kier molecular flexibility index (Phi) is 2.59. The van der Waals surface area contributed by atoms with E-state index in [4.69, 9.17) is 4.74 Å². The fraction of sp³-hybridized carbons (Fsp3) is 0.357. The molecule has 2 heterocycles. The minimum Gasteiger partial charge on any atom is -0.501 e. The van der Waals surface area contributed by atoms with E-state index in [0.29, 0.717) is 0 Å². The fourth-order valence-corrected chi connectivity index (χ4v) is 2.35. The van der Waals surface area contributed by atoms with Crippen LogP contribution in [-0.2, 0) is 11.2 Å². The van der Waals surface area contributed by atoms with Crippen molar-refractivity contribution in [3.8, 4) is 0 Å². The van der Waals surface area contributed by atoms with Gasteiger partial charge in [-0.2, -0.15) is 0 Å². The molecular weight excluding hydrogens is 214 g/mol. The van der Waals surface area contributed by atoms with E-state index >= 15 is 0 Å². The van der Waals surface area contributed by atoms with Crippen molar-refractivity contribution in [3.63, 3.8) is 0 Å². The van der Waals surface area contributed by atoms with Gasteiger partial charge in [0.15, 0.2) is 5.78 Å². The Labute approximate surface area is 100 Å². The molecule has 0 saturated heterocycles. The maximum atomic E-state index is 12.2. The summed E-state index contributed by atoms with van der Waals surface area (Å²) in [5.74, 6) is 0.0983. The Balaban J connectivity index is 1.88. The molecule has 2 aliphatic heterocycles. The summed E-state index contributed by atoms with van der Waals surface area (Å²) in [6, 6.07) is 5.93. The quantitative estimate of drug-likeness (QED) is 0.792. The largest absolute Gasteiger partial charge is 0.501 e. The van der Waals surface area contributed by atoms with Gasteiger partial charge in [0, 0.05) is 23.4 Å². The first-order valence-corrected chi connectivity index (χ1v) is 6.07. The molecule has 0 aromatic heterocycles. The van der Waals surface area contributed by atoms with Crippen LogP contribution in [0.25, 0.3) is 0 Å². The number of anilines is 1. The third-order valence-electron chi connectivity index (χ3n) is 3.31. The van der Waals surface area contributed by atoms with E-state index in [1.54, 1.807) is 6.26 Å². The number of ketones is 1. The number of benzene rings is 1. The molecule has 3 rings (SSSR count). The molecule has 0 bridgehead atoms. The van der Waals surface area contributed by atoms with Gasteiger partial charge in [-0.25, -0.2) is 0 Å². The number of hydrogen-bond acceptors (Lipinski definition) is 3. The van der Waals surface area contributed by atoms with Crippen LogP contribution >= 0.6 is 0 Å². The van der Waals surface area contributed by atoms with Crippen LogP contribution in [-0.4, -0.2) is 18.9 Å². The number of hydrogen-bond donors (Lipinski definition) is 1. The average molecular weight is 229 g/mol. The van der Waals surface area contributed by atoms with Crippen LogP contribution in [0.2, 0.25) is 0 Å². The smallest absolute Gasteiger partial charge is 0.192 e. The molecule has 0 atom stereocenters. The van der Waals surface area contributed by atoms with Crippen molar-refractivity contribution in [1.29, 1.82) is 0 Å². The summed E-state index contributed by atoms with van der Waals surface area (Å²) in [6.45, 7) is 1.70. The van der Waals surface area contributed by atoms with Crippen LogP contribution in [0, 0.1) is 0 Å². The van der Waals surface area contributed by atoms with Gasteiger partial charge < -0.3 is 10.1 Å². The first-order chi connectivity index (χ1) is 8.34. The molecule has 0 aliphatic carbocycles. The summed E-state index contributed by atoms with van der Waals surface area (Å²) in [4.78, 5) is 12.2. The highest BCUT2D eigenvalue weighted by molar-refractivity contribution is 6.09. The Morgan fingerprint density at radius 2 is 2.24 bits per heavy atom. The monoisotopic (exact) mass is 229 g/mol. The first-order valence-electron chi connectivity index (χ1n) is 6.07.